The zero-order valence-electron chi connectivity index (χ0n) is 16.8. The van der Waals surface area contributed by atoms with Gasteiger partial charge in [0.25, 0.3) is 0 Å². The van der Waals surface area contributed by atoms with Crippen molar-refractivity contribution in [3.63, 3.8) is 0 Å². The summed E-state index contributed by atoms with van der Waals surface area (Å²) in [4.78, 5) is 15.6. The Hall–Kier alpha value is -1.18. The predicted molar refractivity (Wildman–Crippen MR) is 112 cm³/mol. The Morgan fingerprint density at radius 1 is 1.12 bits per heavy atom. The van der Waals surface area contributed by atoms with Crippen molar-refractivity contribution < 1.29 is 0 Å². The summed E-state index contributed by atoms with van der Waals surface area (Å²) in [5, 5.41) is 7.87. The number of aliphatic imine (C=N–C) groups is 1. The Morgan fingerprint density at radius 3 is 2.54 bits per heavy atom. The summed E-state index contributed by atoms with van der Waals surface area (Å²) >= 11 is 1.76. The molecule has 6 nitrogen and oxygen atoms in total. The lowest BCUT2D eigenvalue weighted by molar-refractivity contribution is 0.136. The van der Waals surface area contributed by atoms with Crippen LogP contribution in [0.4, 0.5) is 0 Å². The first-order chi connectivity index (χ1) is 12.7. The van der Waals surface area contributed by atoms with Crippen LogP contribution in [0.25, 0.3) is 0 Å². The summed E-state index contributed by atoms with van der Waals surface area (Å²) < 4.78 is 0. The number of hydrogen-bond donors (Lipinski definition) is 2. The fourth-order valence-corrected chi connectivity index (χ4v) is 3.86. The van der Waals surface area contributed by atoms with Crippen molar-refractivity contribution in [3.05, 3.63) is 16.1 Å². The van der Waals surface area contributed by atoms with Gasteiger partial charge in [-0.25, -0.2) is 9.98 Å². The molecule has 1 aliphatic heterocycles. The van der Waals surface area contributed by atoms with E-state index in [4.69, 9.17) is 0 Å². The number of guanidine groups is 1. The Balaban J connectivity index is 1.62. The third-order valence-corrected chi connectivity index (χ3v) is 5.90. The molecule has 1 fully saturated rings. The number of aryl methyl sites for hydroxylation is 1. The molecule has 0 atom stereocenters. The Kier molecular flexibility index (Phi) is 9.95. The van der Waals surface area contributed by atoms with Crippen LogP contribution < -0.4 is 10.6 Å². The number of nitrogens with zero attached hydrogens (tertiary/aromatic N) is 4. The first kappa shape index (κ1) is 21.1. The van der Waals surface area contributed by atoms with Crippen LogP contribution >= 0.6 is 11.3 Å². The highest BCUT2D eigenvalue weighted by Gasteiger charge is 2.14. The first-order valence-corrected chi connectivity index (χ1v) is 11.0. The van der Waals surface area contributed by atoms with E-state index in [0.717, 1.165) is 30.5 Å². The van der Waals surface area contributed by atoms with Crippen molar-refractivity contribution >= 4 is 17.3 Å². The molecule has 1 aromatic heterocycles. The van der Waals surface area contributed by atoms with Crippen LogP contribution in [0.15, 0.2) is 11.2 Å². The second-order valence-corrected chi connectivity index (χ2v) is 7.88. The molecule has 0 aliphatic carbocycles. The molecule has 0 saturated carbocycles. The largest absolute Gasteiger partial charge is 0.357 e. The van der Waals surface area contributed by atoms with E-state index in [-0.39, 0.29) is 0 Å². The van der Waals surface area contributed by atoms with Crippen LogP contribution in [-0.2, 0) is 13.0 Å². The quantitative estimate of drug-likeness (QED) is 0.370. The van der Waals surface area contributed by atoms with Gasteiger partial charge in [0, 0.05) is 50.3 Å². The summed E-state index contributed by atoms with van der Waals surface area (Å²) in [5.74, 6) is 0.900. The van der Waals surface area contributed by atoms with Crippen LogP contribution in [0.5, 0.6) is 0 Å². The number of thiazole rings is 1. The normalized spacial score (nSPS) is 16.8. The minimum Gasteiger partial charge on any atom is -0.357 e. The van der Waals surface area contributed by atoms with Crippen molar-refractivity contribution in [2.75, 3.05) is 52.4 Å². The Morgan fingerprint density at radius 2 is 1.88 bits per heavy atom. The summed E-state index contributed by atoms with van der Waals surface area (Å²) in [6, 6.07) is 0. The molecule has 2 rings (SSSR count). The summed E-state index contributed by atoms with van der Waals surface area (Å²) in [5.41, 5.74) is 0. The standard InChI is InChI=1S/C19H36N6S/c1-4-17-15-22-18(26-17)16-23-19(20-5-2)21-9-7-8-10-25-13-11-24(6-3)12-14-25/h15H,4-14,16H2,1-3H3,(H2,20,21,23). The molecule has 0 aromatic carbocycles. The first-order valence-electron chi connectivity index (χ1n) is 10.2. The van der Waals surface area contributed by atoms with Gasteiger partial charge in [0.2, 0.25) is 0 Å². The third kappa shape index (κ3) is 7.60. The van der Waals surface area contributed by atoms with Gasteiger partial charge in [0.15, 0.2) is 5.96 Å². The second-order valence-electron chi connectivity index (χ2n) is 6.68. The Labute approximate surface area is 163 Å². The molecule has 0 amide bonds. The third-order valence-electron chi connectivity index (χ3n) is 4.77. The lowest BCUT2D eigenvalue weighted by atomic mass is 10.2. The van der Waals surface area contributed by atoms with Crippen LogP contribution in [0.2, 0.25) is 0 Å². The average molecular weight is 381 g/mol. The van der Waals surface area contributed by atoms with Crippen LogP contribution in [0, 0.1) is 0 Å². The number of rotatable bonds is 10. The van der Waals surface area contributed by atoms with Gasteiger partial charge in [-0.15, -0.1) is 11.3 Å². The lowest BCUT2D eigenvalue weighted by Gasteiger charge is -2.34. The van der Waals surface area contributed by atoms with E-state index in [1.807, 2.05) is 6.20 Å². The summed E-state index contributed by atoms with van der Waals surface area (Å²) in [6.07, 6.45) is 5.43. The second kappa shape index (κ2) is 12.3. The van der Waals surface area contributed by atoms with E-state index in [2.05, 4.69) is 51.2 Å². The molecular formula is C19H36N6S. The van der Waals surface area contributed by atoms with Gasteiger partial charge in [0.05, 0.1) is 6.54 Å². The number of aromatic nitrogens is 1. The zero-order valence-corrected chi connectivity index (χ0v) is 17.6. The fraction of sp³-hybridized carbons (Fsp3) is 0.789. The van der Waals surface area contributed by atoms with Gasteiger partial charge in [-0.3, -0.25) is 0 Å². The zero-order chi connectivity index (χ0) is 18.6. The number of hydrogen-bond acceptors (Lipinski definition) is 5. The molecule has 0 spiro atoms. The smallest absolute Gasteiger partial charge is 0.191 e. The van der Waals surface area contributed by atoms with Gasteiger partial charge < -0.3 is 20.4 Å². The maximum absolute atomic E-state index is 4.66. The molecule has 1 saturated heterocycles. The van der Waals surface area contributed by atoms with Crippen LogP contribution in [0.3, 0.4) is 0 Å². The van der Waals surface area contributed by atoms with E-state index in [0.29, 0.717) is 6.54 Å². The minimum atomic E-state index is 0.654. The number of likely N-dealkylation sites (N-methyl/N-ethyl adjacent to an activating group) is 1. The highest BCUT2D eigenvalue weighted by molar-refractivity contribution is 7.11. The molecule has 2 N–H and O–H groups in total. The number of unbranched alkanes of at least 4 members (excludes halogenated alkanes) is 1. The van der Waals surface area contributed by atoms with Gasteiger partial charge in [-0.2, -0.15) is 0 Å². The van der Waals surface area contributed by atoms with Crippen molar-refractivity contribution in [3.8, 4) is 0 Å². The molecule has 0 radical (unpaired) electrons. The van der Waals surface area contributed by atoms with Gasteiger partial charge >= 0.3 is 0 Å². The van der Waals surface area contributed by atoms with E-state index in [9.17, 15) is 0 Å². The van der Waals surface area contributed by atoms with E-state index in [1.165, 1.54) is 57.0 Å². The van der Waals surface area contributed by atoms with Gasteiger partial charge in [-0.1, -0.05) is 13.8 Å². The van der Waals surface area contributed by atoms with Crippen molar-refractivity contribution in [2.45, 2.75) is 46.6 Å². The maximum Gasteiger partial charge on any atom is 0.191 e. The molecule has 1 aromatic rings. The van der Waals surface area contributed by atoms with Crippen molar-refractivity contribution in [1.29, 1.82) is 0 Å². The van der Waals surface area contributed by atoms with Crippen molar-refractivity contribution in [1.82, 2.24) is 25.4 Å². The SMILES string of the molecule is CCNC(=NCc1ncc(CC)s1)NCCCCN1CCN(CC)CC1. The molecule has 2 heterocycles. The average Bonchev–Trinajstić information content (AvgIpc) is 3.14. The van der Waals surface area contributed by atoms with Gasteiger partial charge in [-0.05, 0) is 39.3 Å². The maximum atomic E-state index is 4.66. The molecule has 148 valence electrons. The molecule has 0 bridgehead atoms. The van der Waals surface area contributed by atoms with Gasteiger partial charge in [0.1, 0.15) is 5.01 Å². The predicted octanol–water partition coefficient (Wildman–Crippen LogP) is 2.18. The minimum absolute atomic E-state index is 0.654. The highest BCUT2D eigenvalue weighted by Crippen LogP contribution is 2.13. The van der Waals surface area contributed by atoms with Crippen molar-refractivity contribution in [2.24, 2.45) is 4.99 Å². The fourth-order valence-electron chi connectivity index (χ4n) is 3.07. The number of piperazine rings is 1. The molecule has 0 unspecified atom stereocenters. The van der Waals surface area contributed by atoms with Crippen LogP contribution in [-0.4, -0.2) is 73.1 Å². The van der Waals surface area contributed by atoms with E-state index >= 15 is 0 Å². The monoisotopic (exact) mass is 380 g/mol. The van der Waals surface area contributed by atoms with E-state index in [1.54, 1.807) is 11.3 Å². The summed E-state index contributed by atoms with van der Waals surface area (Å²) in [6.45, 7) is 16.3. The molecule has 7 heteroatoms. The lowest BCUT2D eigenvalue weighted by Crippen LogP contribution is -2.46. The summed E-state index contributed by atoms with van der Waals surface area (Å²) in [7, 11) is 0. The molecule has 1 aliphatic rings. The Bertz CT molecular complexity index is 522. The number of nitrogens with one attached hydrogen (secondary N) is 2. The molecule has 26 heavy (non-hydrogen) atoms. The molecular weight excluding hydrogens is 344 g/mol. The van der Waals surface area contributed by atoms with E-state index < -0.39 is 0 Å². The topological polar surface area (TPSA) is 55.8 Å². The highest BCUT2D eigenvalue weighted by atomic mass is 32.1. The van der Waals surface area contributed by atoms with Crippen LogP contribution in [0.1, 0.15) is 43.5 Å².